The summed E-state index contributed by atoms with van der Waals surface area (Å²) in [5, 5.41) is 5.82. The number of nitrogens with one attached hydrogen (secondary N) is 2. The number of amides is 3. The van der Waals surface area contributed by atoms with Gasteiger partial charge < -0.3 is 20.1 Å². The van der Waals surface area contributed by atoms with E-state index in [9.17, 15) is 14.4 Å². The lowest BCUT2D eigenvalue weighted by Crippen LogP contribution is -2.43. The van der Waals surface area contributed by atoms with E-state index in [0.717, 1.165) is 16.2 Å². The maximum atomic E-state index is 12.5. The number of ether oxygens (including phenoxy) is 2. The van der Waals surface area contributed by atoms with Gasteiger partial charge >= 0.3 is 12.2 Å². The van der Waals surface area contributed by atoms with Crippen LogP contribution in [0.1, 0.15) is 51.0 Å². The summed E-state index contributed by atoms with van der Waals surface area (Å²) < 4.78 is 10.8. The van der Waals surface area contributed by atoms with Gasteiger partial charge in [0.05, 0.1) is 16.3 Å². The van der Waals surface area contributed by atoms with Gasteiger partial charge in [0.25, 0.3) is 0 Å². The van der Waals surface area contributed by atoms with Crippen molar-refractivity contribution in [3.05, 3.63) is 52.5 Å². The number of aromatic nitrogens is 1. The maximum absolute atomic E-state index is 12.5. The van der Waals surface area contributed by atoms with Gasteiger partial charge in [-0.25, -0.2) is 9.59 Å². The number of alkyl carbamates (subject to hydrolysis) is 1. The van der Waals surface area contributed by atoms with Gasteiger partial charge in [0.15, 0.2) is 0 Å². The number of hydrogen-bond donors (Lipinski definition) is 2. The highest BCUT2D eigenvalue weighted by Gasteiger charge is 2.24. The second-order valence-electron chi connectivity index (χ2n) is 9.37. The lowest BCUT2D eigenvalue weighted by Gasteiger charge is -2.26. The number of nitrogens with zero attached hydrogens (tertiary/aromatic N) is 2. The standard InChI is InChI=1S/C26H38N4O5S2/c1-5-36-19-30(25(33)35-26(2,3)4)16-23(31)28-13-9-12-21(14-20-10-7-6-8-11-20)29-24(32)34-17-22-15-27-18-37-22/h6-8,10-11,15,18,21H,5,9,12-14,16-17,19H2,1-4H3,(H,28,31)(H,29,32). The van der Waals surface area contributed by atoms with Crippen LogP contribution in [0, 0.1) is 0 Å². The molecule has 37 heavy (non-hydrogen) atoms. The zero-order chi connectivity index (χ0) is 27.1. The largest absolute Gasteiger partial charge is 0.444 e. The van der Waals surface area contributed by atoms with Crippen LogP contribution in [-0.4, -0.2) is 64.3 Å². The van der Waals surface area contributed by atoms with E-state index in [0.29, 0.717) is 31.7 Å². The molecule has 0 aliphatic rings. The van der Waals surface area contributed by atoms with Crippen LogP contribution in [0.2, 0.25) is 0 Å². The molecule has 3 amide bonds. The summed E-state index contributed by atoms with van der Waals surface area (Å²) in [5.74, 6) is 0.952. The van der Waals surface area contributed by atoms with Crippen molar-refractivity contribution in [2.75, 3.05) is 24.7 Å². The van der Waals surface area contributed by atoms with E-state index in [1.807, 2.05) is 37.3 Å². The van der Waals surface area contributed by atoms with Crippen molar-refractivity contribution in [1.82, 2.24) is 20.5 Å². The zero-order valence-electron chi connectivity index (χ0n) is 22.0. The predicted molar refractivity (Wildman–Crippen MR) is 148 cm³/mol. The Balaban J connectivity index is 1.83. The Morgan fingerprint density at radius 1 is 1.19 bits per heavy atom. The lowest BCUT2D eigenvalue weighted by molar-refractivity contribution is -0.122. The summed E-state index contributed by atoms with van der Waals surface area (Å²) in [6, 6.07) is 9.73. The normalized spacial score (nSPS) is 11.9. The van der Waals surface area contributed by atoms with E-state index in [-0.39, 0.29) is 25.1 Å². The van der Waals surface area contributed by atoms with Crippen molar-refractivity contribution in [2.24, 2.45) is 0 Å². The van der Waals surface area contributed by atoms with Crippen molar-refractivity contribution in [2.45, 2.75) is 65.2 Å². The molecule has 0 aliphatic carbocycles. The third kappa shape index (κ3) is 13.4. The van der Waals surface area contributed by atoms with Crippen molar-refractivity contribution >= 4 is 41.2 Å². The Bertz CT molecular complexity index is 952. The first kappa shape index (κ1) is 30.4. The van der Waals surface area contributed by atoms with E-state index in [4.69, 9.17) is 9.47 Å². The van der Waals surface area contributed by atoms with Crippen LogP contribution in [0.5, 0.6) is 0 Å². The molecule has 0 radical (unpaired) electrons. The lowest BCUT2D eigenvalue weighted by atomic mass is 10.0. The molecule has 2 rings (SSSR count). The first-order valence-corrected chi connectivity index (χ1v) is 14.4. The summed E-state index contributed by atoms with van der Waals surface area (Å²) >= 11 is 2.97. The van der Waals surface area contributed by atoms with Gasteiger partial charge in [0.1, 0.15) is 18.8 Å². The molecule has 2 aromatic rings. The Morgan fingerprint density at radius 3 is 2.59 bits per heavy atom. The molecular weight excluding hydrogens is 512 g/mol. The summed E-state index contributed by atoms with van der Waals surface area (Å²) in [6.07, 6.45) is 2.62. The smallest absolute Gasteiger partial charge is 0.411 e. The highest BCUT2D eigenvalue weighted by molar-refractivity contribution is 7.99. The van der Waals surface area contributed by atoms with E-state index in [1.54, 1.807) is 44.2 Å². The fourth-order valence-corrected chi connectivity index (χ4v) is 4.38. The molecule has 2 N–H and O–H groups in total. The second kappa shape index (κ2) is 16.1. The van der Waals surface area contributed by atoms with Crippen LogP contribution in [0.25, 0.3) is 0 Å². The number of benzene rings is 1. The third-order valence-corrected chi connectivity index (χ3v) is 6.62. The van der Waals surface area contributed by atoms with Gasteiger partial charge in [0, 0.05) is 18.8 Å². The van der Waals surface area contributed by atoms with Crippen molar-refractivity contribution < 1.29 is 23.9 Å². The Labute approximate surface area is 227 Å². The number of hydrogen-bond acceptors (Lipinski definition) is 8. The van der Waals surface area contributed by atoms with E-state index in [1.165, 1.54) is 16.2 Å². The topological polar surface area (TPSA) is 110 Å². The molecule has 9 nitrogen and oxygen atoms in total. The van der Waals surface area contributed by atoms with Crippen molar-refractivity contribution in [3.8, 4) is 0 Å². The average Bonchev–Trinajstić information content (AvgIpc) is 3.36. The van der Waals surface area contributed by atoms with Gasteiger partial charge in [-0.15, -0.1) is 23.1 Å². The summed E-state index contributed by atoms with van der Waals surface area (Å²) in [7, 11) is 0. The molecule has 1 heterocycles. The fourth-order valence-electron chi connectivity index (χ4n) is 3.28. The molecule has 1 unspecified atom stereocenters. The SMILES string of the molecule is CCSCN(CC(=O)NCCCC(Cc1ccccc1)NC(=O)OCc1cncs1)C(=O)OC(C)(C)C. The first-order chi connectivity index (χ1) is 17.7. The highest BCUT2D eigenvalue weighted by atomic mass is 32.2. The van der Waals surface area contributed by atoms with Crippen LogP contribution < -0.4 is 10.6 Å². The van der Waals surface area contributed by atoms with Crippen LogP contribution in [0.3, 0.4) is 0 Å². The number of carbonyl (C=O) groups excluding carboxylic acids is 3. The second-order valence-corrected chi connectivity index (χ2v) is 11.6. The van der Waals surface area contributed by atoms with Crippen LogP contribution >= 0.6 is 23.1 Å². The van der Waals surface area contributed by atoms with Crippen LogP contribution in [0.15, 0.2) is 42.0 Å². The van der Waals surface area contributed by atoms with Crippen LogP contribution in [-0.2, 0) is 27.3 Å². The molecule has 1 atom stereocenters. The number of carbonyl (C=O) groups is 3. The Hall–Kier alpha value is -2.79. The monoisotopic (exact) mass is 550 g/mol. The number of rotatable bonds is 14. The van der Waals surface area contributed by atoms with E-state index >= 15 is 0 Å². The minimum atomic E-state index is -0.634. The molecule has 0 bridgehead atoms. The van der Waals surface area contributed by atoms with E-state index in [2.05, 4.69) is 15.6 Å². The fraction of sp³-hybridized carbons (Fsp3) is 0.538. The highest BCUT2D eigenvalue weighted by Crippen LogP contribution is 2.13. The average molecular weight is 551 g/mol. The van der Waals surface area contributed by atoms with Crippen molar-refractivity contribution in [3.63, 3.8) is 0 Å². The van der Waals surface area contributed by atoms with Gasteiger partial charge in [-0.3, -0.25) is 14.7 Å². The molecule has 1 aromatic heterocycles. The Morgan fingerprint density at radius 2 is 1.95 bits per heavy atom. The quantitative estimate of drug-likeness (QED) is 0.256. The number of thiazole rings is 1. The molecule has 0 saturated carbocycles. The van der Waals surface area contributed by atoms with Crippen LogP contribution in [0.4, 0.5) is 9.59 Å². The first-order valence-electron chi connectivity index (χ1n) is 12.3. The zero-order valence-corrected chi connectivity index (χ0v) is 23.7. The molecule has 0 fully saturated rings. The molecule has 204 valence electrons. The summed E-state index contributed by atoms with van der Waals surface area (Å²) in [4.78, 5) is 43.7. The molecule has 1 aromatic carbocycles. The van der Waals surface area contributed by atoms with E-state index < -0.39 is 17.8 Å². The van der Waals surface area contributed by atoms with Crippen molar-refractivity contribution in [1.29, 1.82) is 0 Å². The minimum Gasteiger partial charge on any atom is -0.444 e. The maximum Gasteiger partial charge on any atom is 0.411 e. The van der Waals surface area contributed by atoms with Gasteiger partial charge in [-0.05, 0) is 51.3 Å². The molecule has 0 spiro atoms. The molecular formula is C26H38N4O5S2. The summed E-state index contributed by atoms with van der Waals surface area (Å²) in [6.45, 7) is 7.91. The molecule has 0 saturated heterocycles. The third-order valence-electron chi connectivity index (χ3n) is 4.96. The number of thioether (sulfide) groups is 1. The predicted octanol–water partition coefficient (Wildman–Crippen LogP) is 4.82. The van der Waals surface area contributed by atoms with Gasteiger partial charge in [0.2, 0.25) is 5.91 Å². The van der Waals surface area contributed by atoms with Gasteiger partial charge in [-0.2, -0.15) is 0 Å². The minimum absolute atomic E-state index is 0.0719. The molecule has 0 aliphatic heterocycles. The summed E-state index contributed by atoms with van der Waals surface area (Å²) in [5.41, 5.74) is 2.16. The Kier molecular flexibility index (Phi) is 13.3. The molecule has 11 heteroatoms. The van der Waals surface area contributed by atoms with Gasteiger partial charge in [-0.1, -0.05) is 37.3 Å².